The van der Waals surface area contributed by atoms with Gasteiger partial charge in [-0.3, -0.25) is 0 Å². The molecule has 2 aromatic rings. The summed E-state index contributed by atoms with van der Waals surface area (Å²) in [5.41, 5.74) is 10.7. The number of halogens is 2. The Balaban J connectivity index is 0.00000150. The summed E-state index contributed by atoms with van der Waals surface area (Å²) in [7, 11) is 1.66. The third-order valence-corrected chi connectivity index (χ3v) is 5.50. The van der Waals surface area contributed by atoms with Crippen molar-refractivity contribution in [2.45, 2.75) is 64.0 Å². The summed E-state index contributed by atoms with van der Waals surface area (Å²) in [5, 5.41) is 3.42. The highest BCUT2D eigenvalue weighted by Gasteiger charge is 2.29. The maximum atomic E-state index is 5.94. The summed E-state index contributed by atoms with van der Waals surface area (Å²) < 4.78 is 5.22. The van der Waals surface area contributed by atoms with Gasteiger partial charge < -0.3 is 15.8 Å². The van der Waals surface area contributed by atoms with Gasteiger partial charge in [0.05, 0.1) is 0 Å². The first-order chi connectivity index (χ1) is 13.1. The zero-order valence-electron chi connectivity index (χ0n) is 17.0. The Bertz CT molecular complexity index is 829. The minimum atomic E-state index is 0. The van der Waals surface area contributed by atoms with E-state index in [-0.39, 0.29) is 24.8 Å². The lowest BCUT2D eigenvalue weighted by atomic mass is 9.78. The van der Waals surface area contributed by atoms with Gasteiger partial charge in [0.1, 0.15) is 18.2 Å². The molecule has 4 rings (SSSR count). The van der Waals surface area contributed by atoms with Crippen LogP contribution in [0.5, 0.6) is 0 Å². The van der Waals surface area contributed by atoms with Crippen LogP contribution in [0, 0.1) is 6.92 Å². The monoisotopic (exact) mass is 440 g/mol. The number of nitrogens with zero attached hydrogens (tertiary/aromatic N) is 4. The zero-order chi connectivity index (χ0) is 18.8. The van der Waals surface area contributed by atoms with Crippen LogP contribution in [-0.2, 0) is 30.6 Å². The summed E-state index contributed by atoms with van der Waals surface area (Å²) in [6.45, 7) is 3.25. The second-order valence-corrected chi connectivity index (χ2v) is 7.64. The van der Waals surface area contributed by atoms with E-state index in [2.05, 4.69) is 27.2 Å². The molecule has 9 heteroatoms. The number of rotatable bonds is 7. The van der Waals surface area contributed by atoms with E-state index in [0.29, 0.717) is 24.4 Å². The molecule has 0 bridgehead atoms. The van der Waals surface area contributed by atoms with Crippen molar-refractivity contribution < 1.29 is 4.74 Å². The fourth-order valence-corrected chi connectivity index (χ4v) is 4.01. The average molecular weight is 441 g/mol. The molecule has 0 aromatic carbocycles. The topological polar surface area (TPSA) is 98.8 Å². The molecule has 0 saturated heterocycles. The van der Waals surface area contributed by atoms with Gasteiger partial charge in [0.25, 0.3) is 0 Å². The van der Waals surface area contributed by atoms with E-state index in [0.717, 1.165) is 61.7 Å². The van der Waals surface area contributed by atoms with Crippen molar-refractivity contribution in [2.75, 3.05) is 19.0 Å². The second kappa shape index (κ2) is 10.5. The number of hydrogen-bond donors (Lipinski definition) is 2. The lowest BCUT2D eigenvalue weighted by molar-refractivity contribution is 0.177. The number of ether oxygens (including phenoxy) is 1. The lowest BCUT2D eigenvalue weighted by Gasteiger charge is -2.32. The minimum absolute atomic E-state index is 0. The van der Waals surface area contributed by atoms with Crippen molar-refractivity contribution in [1.82, 2.24) is 19.9 Å². The van der Waals surface area contributed by atoms with E-state index < -0.39 is 0 Å². The molecule has 0 amide bonds. The number of methoxy groups -OCH3 is 1. The molecule has 0 atom stereocenters. The number of nitrogens with two attached hydrogens (primary N) is 1. The molecule has 0 radical (unpaired) electrons. The maximum Gasteiger partial charge on any atom is 0.156 e. The molecule has 0 aliphatic heterocycles. The van der Waals surface area contributed by atoms with Gasteiger partial charge in [0.2, 0.25) is 0 Å². The molecule has 2 aliphatic carbocycles. The third kappa shape index (κ3) is 5.54. The van der Waals surface area contributed by atoms with E-state index in [1.165, 1.54) is 17.7 Å². The Morgan fingerprint density at radius 3 is 2.62 bits per heavy atom. The lowest BCUT2D eigenvalue weighted by Crippen LogP contribution is -2.35. The van der Waals surface area contributed by atoms with Crippen LogP contribution in [0.1, 0.15) is 59.5 Å². The quantitative estimate of drug-likeness (QED) is 0.682. The number of fused-ring (bicyclic) bond motifs is 1. The van der Waals surface area contributed by atoms with Crippen LogP contribution in [-0.4, -0.2) is 39.6 Å². The van der Waals surface area contributed by atoms with Gasteiger partial charge in [-0.05, 0) is 44.6 Å². The predicted octanol–water partition coefficient (Wildman–Crippen LogP) is 2.91. The first kappa shape index (κ1) is 23.7. The summed E-state index contributed by atoms with van der Waals surface area (Å²) in [6.07, 6.45) is 6.16. The van der Waals surface area contributed by atoms with Gasteiger partial charge in [0, 0.05) is 55.2 Å². The van der Waals surface area contributed by atoms with E-state index in [4.69, 9.17) is 15.5 Å². The molecule has 7 nitrogen and oxygen atoms in total. The Morgan fingerprint density at radius 2 is 1.90 bits per heavy atom. The number of anilines is 1. The normalized spacial score (nSPS) is 19.6. The van der Waals surface area contributed by atoms with Crippen LogP contribution in [0.4, 0.5) is 5.82 Å². The smallest absolute Gasteiger partial charge is 0.156 e. The van der Waals surface area contributed by atoms with E-state index >= 15 is 0 Å². The summed E-state index contributed by atoms with van der Waals surface area (Å²) >= 11 is 0. The largest absolute Gasteiger partial charge is 0.377 e. The van der Waals surface area contributed by atoms with Gasteiger partial charge >= 0.3 is 0 Å². The Labute approximate surface area is 184 Å². The fraction of sp³-hybridized carbons (Fsp3) is 0.600. The van der Waals surface area contributed by atoms with Crippen molar-refractivity contribution in [1.29, 1.82) is 0 Å². The zero-order valence-corrected chi connectivity index (χ0v) is 18.6. The van der Waals surface area contributed by atoms with E-state index in [1.807, 2.05) is 6.07 Å². The summed E-state index contributed by atoms with van der Waals surface area (Å²) in [6, 6.07) is 2.34. The molecular weight excluding hydrogens is 411 g/mol. The van der Waals surface area contributed by atoms with E-state index in [1.54, 1.807) is 7.11 Å². The van der Waals surface area contributed by atoms with Gasteiger partial charge in [0.15, 0.2) is 5.82 Å². The molecule has 3 N–H and O–H groups in total. The SMILES string of the molecule is COCc1nc(NCCc2nc(C)c3c(n2)CCC3)cc(C2CC(N)C2)n1.Cl.Cl. The Kier molecular flexibility index (Phi) is 8.58. The number of nitrogens with one attached hydrogen (secondary N) is 1. The van der Waals surface area contributed by atoms with Crippen LogP contribution in [0.2, 0.25) is 0 Å². The molecule has 2 heterocycles. The molecule has 2 aromatic heterocycles. The molecule has 2 aliphatic rings. The highest BCUT2D eigenvalue weighted by Crippen LogP contribution is 2.35. The maximum absolute atomic E-state index is 5.94. The van der Waals surface area contributed by atoms with Crippen molar-refractivity contribution >= 4 is 30.6 Å². The van der Waals surface area contributed by atoms with Gasteiger partial charge in [-0.15, -0.1) is 24.8 Å². The molecule has 1 fully saturated rings. The Morgan fingerprint density at radius 1 is 1.10 bits per heavy atom. The van der Waals surface area contributed by atoms with Gasteiger partial charge in [-0.25, -0.2) is 19.9 Å². The molecular formula is C20H30Cl2N6O. The van der Waals surface area contributed by atoms with Crippen molar-refractivity contribution in [3.63, 3.8) is 0 Å². The van der Waals surface area contributed by atoms with Crippen LogP contribution < -0.4 is 11.1 Å². The fourth-order valence-electron chi connectivity index (χ4n) is 4.01. The van der Waals surface area contributed by atoms with Crippen LogP contribution in [0.15, 0.2) is 6.07 Å². The Hall–Kier alpha value is -1.54. The first-order valence-corrected chi connectivity index (χ1v) is 9.84. The van der Waals surface area contributed by atoms with Crippen LogP contribution in [0.25, 0.3) is 0 Å². The molecule has 0 unspecified atom stereocenters. The molecule has 0 spiro atoms. The number of aromatic nitrogens is 4. The highest BCUT2D eigenvalue weighted by molar-refractivity contribution is 5.85. The molecule has 160 valence electrons. The minimum Gasteiger partial charge on any atom is -0.377 e. The van der Waals surface area contributed by atoms with Crippen molar-refractivity contribution in [3.05, 3.63) is 40.4 Å². The molecule has 1 saturated carbocycles. The summed E-state index contributed by atoms with van der Waals surface area (Å²) in [5.74, 6) is 2.90. The first-order valence-electron chi connectivity index (χ1n) is 9.84. The van der Waals surface area contributed by atoms with Crippen molar-refractivity contribution in [3.8, 4) is 0 Å². The predicted molar refractivity (Wildman–Crippen MR) is 118 cm³/mol. The van der Waals surface area contributed by atoms with Gasteiger partial charge in [-0.2, -0.15) is 0 Å². The number of aryl methyl sites for hydroxylation is 2. The third-order valence-electron chi connectivity index (χ3n) is 5.50. The highest BCUT2D eigenvalue weighted by atomic mass is 35.5. The molecule has 29 heavy (non-hydrogen) atoms. The van der Waals surface area contributed by atoms with Crippen LogP contribution >= 0.6 is 24.8 Å². The average Bonchev–Trinajstić information content (AvgIpc) is 3.08. The van der Waals surface area contributed by atoms with Crippen LogP contribution in [0.3, 0.4) is 0 Å². The standard InChI is InChI=1S/C20H28N6O.2ClH/c1-12-15-4-3-5-16(15)24-18(23-12)6-7-22-19-10-17(13-8-14(21)9-13)25-20(26-19)11-27-2;;/h10,13-14H,3-9,11,21H2,1-2H3,(H,22,25,26);2*1H. The van der Waals surface area contributed by atoms with Gasteiger partial charge in [-0.1, -0.05) is 0 Å². The van der Waals surface area contributed by atoms with Crippen molar-refractivity contribution in [2.24, 2.45) is 5.73 Å². The van der Waals surface area contributed by atoms with E-state index in [9.17, 15) is 0 Å². The number of hydrogen-bond acceptors (Lipinski definition) is 7. The summed E-state index contributed by atoms with van der Waals surface area (Å²) in [4.78, 5) is 18.6. The second-order valence-electron chi connectivity index (χ2n) is 7.64.